The van der Waals surface area contributed by atoms with E-state index in [0.717, 1.165) is 11.3 Å². The Hall–Kier alpha value is -1.81. The molecule has 0 aliphatic heterocycles. The van der Waals surface area contributed by atoms with Gasteiger partial charge in [-0.15, -0.1) is 0 Å². The third-order valence-corrected chi connectivity index (χ3v) is 6.98. The molecule has 1 heterocycles. The third kappa shape index (κ3) is 4.96. The molecular formula is C18H20ClN3O4S2. The monoisotopic (exact) mass is 441 g/mol. The average Bonchev–Trinajstić information content (AvgIpc) is 2.95. The number of fused-ring (bicyclic) bond motifs is 1. The van der Waals surface area contributed by atoms with E-state index in [0.29, 0.717) is 33.6 Å². The number of carbonyl (C=O) groups is 2. The highest BCUT2D eigenvalue weighted by Crippen LogP contribution is 2.38. The van der Waals surface area contributed by atoms with E-state index >= 15 is 0 Å². The van der Waals surface area contributed by atoms with Crippen LogP contribution in [0.1, 0.15) is 42.1 Å². The third-order valence-electron chi connectivity index (χ3n) is 4.23. The topological polar surface area (TPSA) is 105 Å². The number of ketones is 1. The molecule has 1 aliphatic carbocycles. The Morgan fingerprint density at radius 1 is 1.32 bits per heavy atom. The molecule has 1 aromatic heterocycles. The zero-order chi connectivity index (χ0) is 20.5. The van der Waals surface area contributed by atoms with Gasteiger partial charge in [-0.05, 0) is 30.0 Å². The summed E-state index contributed by atoms with van der Waals surface area (Å²) in [5, 5.41) is 3.31. The molecule has 0 bridgehead atoms. The van der Waals surface area contributed by atoms with Crippen LogP contribution in [0.5, 0.6) is 0 Å². The van der Waals surface area contributed by atoms with E-state index in [4.69, 9.17) is 11.6 Å². The van der Waals surface area contributed by atoms with E-state index in [1.807, 2.05) is 13.8 Å². The smallest absolute Gasteiger partial charge is 0.240 e. The maximum atomic E-state index is 12.2. The Kier molecular flexibility index (Phi) is 5.90. The van der Waals surface area contributed by atoms with Gasteiger partial charge in [0.05, 0.1) is 15.5 Å². The van der Waals surface area contributed by atoms with Crippen molar-refractivity contribution in [3.63, 3.8) is 0 Å². The van der Waals surface area contributed by atoms with Crippen LogP contribution in [-0.2, 0) is 21.2 Å². The van der Waals surface area contributed by atoms with Gasteiger partial charge in [0.15, 0.2) is 10.9 Å². The first kappa shape index (κ1) is 20.9. The lowest BCUT2D eigenvalue weighted by atomic mass is 9.78. The minimum atomic E-state index is -3.75. The molecule has 150 valence electrons. The Labute approximate surface area is 172 Å². The van der Waals surface area contributed by atoms with Crippen LogP contribution in [0.2, 0.25) is 5.02 Å². The van der Waals surface area contributed by atoms with Gasteiger partial charge >= 0.3 is 0 Å². The van der Waals surface area contributed by atoms with Crippen molar-refractivity contribution in [3.05, 3.63) is 39.9 Å². The van der Waals surface area contributed by atoms with Crippen molar-refractivity contribution in [2.45, 2.75) is 38.0 Å². The van der Waals surface area contributed by atoms with Crippen LogP contribution in [0, 0.1) is 5.41 Å². The number of benzene rings is 1. The van der Waals surface area contributed by atoms with E-state index in [1.165, 1.54) is 18.2 Å². The Bertz CT molecular complexity index is 1030. The number of sulfonamides is 1. The highest BCUT2D eigenvalue weighted by Gasteiger charge is 2.34. The fourth-order valence-corrected chi connectivity index (χ4v) is 5.24. The van der Waals surface area contributed by atoms with Crippen molar-refractivity contribution < 1.29 is 18.0 Å². The molecule has 0 fully saturated rings. The minimum Gasteiger partial charge on any atom is -0.302 e. The molecule has 28 heavy (non-hydrogen) atoms. The first-order chi connectivity index (χ1) is 13.1. The maximum absolute atomic E-state index is 12.2. The zero-order valence-electron chi connectivity index (χ0n) is 15.4. The molecule has 0 radical (unpaired) electrons. The summed E-state index contributed by atoms with van der Waals surface area (Å²) in [4.78, 5) is 29.3. The molecule has 0 atom stereocenters. The summed E-state index contributed by atoms with van der Waals surface area (Å²) in [6.07, 6.45) is 1.07. The molecule has 0 unspecified atom stereocenters. The molecule has 2 aromatic rings. The summed E-state index contributed by atoms with van der Waals surface area (Å²) < 4.78 is 26.8. The second kappa shape index (κ2) is 7.90. The summed E-state index contributed by atoms with van der Waals surface area (Å²) in [7, 11) is -3.75. The second-order valence-electron chi connectivity index (χ2n) is 7.39. The number of carbonyl (C=O) groups excluding carboxylic acids is 2. The predicted octanol–water partition coefficient (Wildman–Crippen LogP) is 3.26. The molecule has 10 heteroatoms. The van der Waals surface area contributed by atoms with Crippen molar-refractivity contribution in [3.8, 4) is 0 Å². The van der Waals surface area contributed by atoms with Gasteiger partial charge in [0.25, 0.3) is 0 Å². The lowest BCUT2D eigenvalue weighted by molar-refractivity contribution is -0.116. The fourth-order valence-electron chi connectivity index (χ4n) is 2.97. The molecule has 1 aromatic carbocycles. The molecule has 0 saturated heterocycles. The molecule has 1 aliphatic rings. The summed E-state index contributed by atoms with van der Waals surface area (Å²) >= 11 is 6.97. The van der Waals surface area contributed by atoms with Gasteiger partial charge in [0.2, 0.25) is 15.9 Å². The quantitative estimate of drug-likeness (QED) is 0.715. The number of amides is 1. The minimum absolute atomic E-state index is 0.0362. The summed E-state index contributed by atoms with van der Waals surface area (Å²) in [5.41, 5.74) is 0.570. The van der Waals surface area contributed by atoms with Crippen LogP contribution in [0.15, 0.2) is 29.2 Å². The van der Waals surface area contributed by atoms with Gasteiger partial charge in [-0.3, -0.25) is 9.59 Å². The summed E-state index contributed by atoms with van der Waals surface area (Å²) in [5.74, 6) is -0.342. The van der Waals surface area contributed by atoms with Crippen molar-refractivity contribution in [1.29, 1.82) is 0 Å². The lowest BCUT2D eigenvalue weighted by Crippen LogP contribution is -2.27. The van der Waals surface area contributed by atoms with Crippen molar-refractivity contribution >= 4 is 49.8 Å². The number of aromatic nitrogens is 1. The van der Waals surface area contributed by atoms with Crippen LogP contribution >= 0.6 is 22.9 Å². The van der Waals surface area contributed by atoms with E-state index in [2.05, 4.69) is 15.0 Å². The van der Waals surface area contributed by atoms with Crippen molar-refractivity contribution in [2.75, 3.05) is 11.9 Å². The molecule has 7 nitrogen and oxygen atoms in total. The molecule has 2 N–H and O–H groups in total. The van der Waals surface area contributed by atoms with E-state index in [1.54, 1.807) is 6.07 Å². The van der Waals surface area contributed by atoms with Crippen LogP contribution in [-0.4, -0.2) is 31.6 Å². The Morgan fingerprint density at radius 3 is 2.79 bits per heavy atom. The first-order valence-electron chi connectivity index (χ1n) is 8.64. The van der Waals surface area contributed by atoms with E-state index in [-0.39, 0.29) is 35.0 Å². The molecule has 1 amide bonds. The first-order valence-corrected chi connectivity index (χ1v) is 11.3. The maximum Gasteiger partial charge on any atom is 0.240 e. The van der Waals surface area contributed by atoms with Crippen molar-refractivity contribution in [1.82, 2.24) is 9.71 Å². The fraction of sp³-hybridized carbons (Fsp3) is 0.389. The van der Waals surface area contributed by atoms with Crippen LogP contribution in [0.25, 0.3) is 0 Å². The molecule has 0 spiro atoms. The van der Waals surface area contributed by atoms with Gasteiger partial charge in [-0.25, -0.2) is 18.1 Å². The van der Waals surface area contributed by atoms with Gasteiger partial charge < -0.3 is 5.32 Å². The lowest BCUT2D eigenvalue weighted by Gasteiger charge is -2.26. The number of nitrogens with one attached hydrogen (secondary N) is 2. The van der Waals surface area contributed by atoms with Gasteiger partial charge in [0.1, 0.15) is 0 Å². The Balaban J connectivity index is 1.56. The number of hydrogen-bond acceptors (Lipinski definition) is 6. The van der Waals surface area contributed by atoms with Crippen LogP contribution in [0.3, 0.4) is 0 Å². The standard InChI is InChI=1S/C18H20ClN3O4S2/c1-18(2)9-13-16(14(23)10-18)27-17(21-13)22-15(24)6-7-20-28(25,26)12-5-3-4-11(19)8-12/h3-5,8,20H,6-7,9-10H2,1-2H3,(H,21,22,24). The number of nitrogens with zero attached hydrogens (tertiary/aromatic N) is 1. The number of rotatable bonds is 6. The normalized spacial score (nSPS) is 15.9. The predicted molar refractivity (Wildman–Crippen MR) is 108 cm³/mol. The van der Waals surface area contributed by atoms with E-state index < -0.39 is 10.0 Å². The number of Topliss-reactive ketones (excluding diaryl/α,β-unsaturated/α-hetero) is 1. The highest BCUT2D eigenvalue weighted by atomic mass is 35.5. The highest BCUT2D eigenvalue weighted by molar-refractivity contribution is 7.89. The van der Waals surface area contributed by atoms with Crippen molar-refractivity contribution in [2.24, 2.45) is 5.41 Å². The Morgan fingerprint density at radius 2 is 2.07 bits per heavy atom. The second-order valence-corrected chi connectivity index (χ2v) is 10.6. The van der Waals surface area contributed by atoms with Crippen LogP contribution in [0.4, 0.5) is 5.13 Å². The zero-order valence-corrected chi connectivity index (χ0v) is 17.8. The molecule has 0 saturated carbocycles. The number of hydrogen-bond donors (Lipinski definition) is 2. The molecule has 3 rings (SSSR count). The number of halogens is 1. The van der Waals surface area contributed by atoms with Gasteiger partial charge in [0, 0.05) is 24.4 Å². The largest absolute Gasteiger partial charge is 0.302 e. The summed E-state index contributed by atoms with van der Waals surface area (Å²) in [6, 6.07) is 5.87. The van der Waals surface area contributed by atoms with Gasteiger partial charge in [-0.2, -0.15) is 0 Å². The number of anilines is 1. The van der Waals surface area contributed by atoms with E-state index in [9.17, 15) is 18.0 Å². The number of thiazole rings is 1. The average molecular weight is 442 g/mol. The SMILES string of the molecule is CC1(C)CC(=O)c2sc(NC(=O)CCNS(=O)(=O)c3cccc(Cl)c3)nc2C1. The molecular weight excluding hydrogens is 422 g/mol. The van der Waals surface area contributed by atoms with Crippen LogP contribution < -0.4 is 10.0 Å². The summed E-state index contributed by atoms with van der Waals surface area (Å²) in [6.45, 7) is 3.95. The van der Waals surface area contributed by atoms with Gasteiger partial charge in [-0.1, -0.05) is 42.9 Å².